The van der Waals surface area contributed by atoms with Gasteiger partial charge in [0.25, 0.3) is 5.91 Å². The number of hydrogen-bond donors (Lipinski definition) is 2. The van der Waals surface area contributed by atoms with E-state index in [0.29, 0.717) is 17.2 Å². The first-order valence-corrected chi connectivity index (χ1v) is 12.7. The first-order chi connectivity index (χ1) is 17.2. The average molecular weight is 550 g/mol. The second-order valence-electron chi connectivity index (χ2n) is 7.08. The van der Waals surface area contributed by atoms with Gasteiger partial charge in [0.05, 0.1) is 34.8 Å². The van der Waals surface area contributed by atoms with Gasteiger partial charge in [-0.15, -0.1) is 0 Å². The predicted molar refractivity (Wildman–Crippen MR) is 136 cm³/mol. The summed E-state index contributed by atoms with van der Waals surface area (Å²) in [6.45, 7) is 1.56. The number of halogens is 2. The predicted octanol–water partition coefficient (Wildman–Crippen LogP) is 4.04. The van der Waals surface area contributed by atoms with E-state index in [2.05, 4.69) is 15.2 Å². The van der Waals surface area contributed by atoms with Crippen molar-refractivity contribution >= 4 is 51.3 Å². The normalized spacial score (nSPS) is 11.3. The Morgan fingerprint density at radius 1 is 1.00 bits per heavy atom. The standard InChI is InChI=1S/C24H21Cl2N3O6S/c1-2-34-22-12-16(8-11-21(22)35-24(31)19-10-9-17(25)13-20(19)26)14-27-29-23(30)15-28-36(32,33)18-6-4-3-5-7-18/h3-14,28H,2,15H2,1H3,(H,29,30)/b27-14+. The van der Waals surface area contributed by atoms with Crippen LogP contribution in [-0.4, -0.2) is 39.7 Å². The number of amides is 1. The lowest BCUT2D eigenvalue weighted by atomic mass is 10.2. The minimum absolute atomic E-state index is 0.0453. The monoisotopic (exact) mass is 549 g/mol. The average Bonchev–Trinajstić information content (AvgIpc) is 2.85. The molecular formula is C24H21Cl2N3O6S. The van der Waals surface area contributed by atoms with Gasteiger partial charge in [-0.2, -0.15) is 5.10 Å². The van der Waals surface area contributed by atoms with Crippen molar-refractivity contribution in [3.63, 3.8) is 0 Å². The van der Waals surface area contributed by atoms with Gasteiger partial charge in [0.2, 0.25) is 10.0 Å². The minimum Gasteiger partial charge on any atom is -0.490 e. The fourth-order valence-electron chi connectivity index (χ4n) is 2.83. The molecule has 2 N–H and O–H groups in total. The maximum absolute atomic E-state index is 12.5. The Balaban J connectivity index is 1.62. The highest BCUT2D eigenvalue weighted by atomic mass is 35.5. The van der Waals surface area contributed by atoms with E-state index in [1.54, 1.807) is 37.3 Å². The van der Waals surface area contributed by atoms with Crippen LogP contribution in [0.3, 0.4) is 0 Å². The molecule has 36 heavy (non-hydrogen) atoms. The summed E-state index contributed by atoms with van der Waals surface area (Å²) in [4.78, 5) is 24.6. The first kappa shape index (κ1) is 27.2. The third kappa shape index (κ3) is 7.53. The summed E-state index contributed by atoms with van der Waals surface area (Å²) in [6, 6.07) is 16.7. The van der Waals surface area contributed by atoms with Crippen molar-refractivity contribution in [3.8, 4) is 11.5 Å². The molecule has 0 aromatic heterocycles. The van der Waals surface area contributed by atoms with Crippen LogP contribution in [0.1, 0.15) is 22.8 Å². The van der Waals surface area contributed by atoms with Crippen molar-refractivity contribution < 1.29 is 27.5 Å². The molecule has 0 atom stereocenters. The van der Waals surface area contributed by atoms with Crippen LogP contribution in [0.2, 0.25) is 10.0 Å². The number of nitrogens with one attached hydrogen (secondary N) is 2. The molecule has 3 rings (SSSR count). The van der Waals surface area contributed by atoms with Crippen LogP contribution in [0.5, 0.6) is 11.5 Å². The van der Waals surface area contributed by atoms with Crippen LogP contribution in [0.4, 0.5) is 0 Å². The summed E-state index contributed by atoms with van der Waals surface area (Å²) >= 11 is 11.9. The van der Waals surface area contributed by atoms with Gasteiger partial charge in [-0.25, -0.2) is 23.4 Å². The molecule has 0 aliphatic rings. The van der Waals surface area contributed by atoms with Crippen molar-refractivity contribution in [3.05, 3.63) is 87.9 Å². The Hall–Kier alpha value is -3.44. The molecule has 0 bridgehead atoms. The number of nitrogens with zero attached hydrogens (tertiary/aromatic N) is 1. The van der Waals surface area contributed by atoms with E-state index < -0.39 is 28.4 Å². The maximum atomic E-state index is 12.5. The molecule has 0 heterocycles. The summed E-state index contributed by atoms with van der Waals surface area (Å²) in [5.41, 5.74) is 2.90. The van der Waals surface area contributed by atoms with Crippen molar-refractivity contribution in [2.45, 2.75) is 11.8 Å². The number of carbonyl (C=O) groups is 2. The number of hydrogen-bond acceptors (Lipinski definition) is 7. The third-order valence-corrected chi connectivity index (χ3v) is 6.47. The number of ether oxygens (including phenoxy) is 2. The van der Waals surface area contributed by atoms with E-state index >= 15 is 0 Å². The highest BCUT2D eigenvalue weighted by Crippen LogP contribution is 2.30. The lowest BCUT2D eigenvalue weighted by Gasteiger charge is -2.12. The van der Waals surface area contributed by atoms with Gasteiger partial charge in [0, 0.05) is 5.02 Å². The molecule has 0 radical (unpaired) electrons. The molecule has 9 nitrogen and oxygen atoms in total. The van der Waals surface area contributed by atoms with Crippen molar-refractivity contribution in [2.24, 2.45) is 5.10 Å². The number of rotatable bonds is 10. The highest BCUT2D eigenvalue weighted by Gasteiger charge is 2.17. The summed E-state index contributed by atoms with van der Waals surface area (Å²) in [6.07, 6.45) is 1.33. The van der Waals surface area contributed by atoms with Crippen molar-refractivity contribution in [2.75, 3.05) is 13.2 Å². The molecule has 0 unspecified atom stereocenters. The summed E-state index contributed by atoms with van der Waals surface area (Å²) in [7, 11) is -3.82. The number of esters is 1. The lowest BCUT2D eigenvalue weighted by molar-refractivity contribution is -0.119. The Bertz CT molecular complexity index is 1380. The molecule has 3 aromatic carbocycles. The Labute approximate surface area is 218 Å². The topological polar surface area (TPSA) is 123 Å². The summed E-state index contributed by atoms with van der Waals surface area (Å²) < 4.78 is 37.5. The first-order valence-electron chi connectivity index (χ1n) is 10.5. The molecule has 3 aromatic rings. The van der Waals surface area contributed by atoms with Crippen LogP contribution in [-0.2, 0) is 14.8 Å². The Morgan fingerprint density at radius 3 is 2.44 bits per heavy atom. The summed E-state index contributed by atoms with van der Waals surface area (Å²) in [5.74, 6) is -0.934. The van der Waals surface area contributed by atoms with Gasteiger partial charge in [0.15, 0.2) is 11.5 Å². The lowest BCUT2D eigenvalue weighted by Crippen LogP contribution is -2.34. The van der Waals surface area contributed by atoms with E-state index in [1.165, 1.54) is 42.6 Å². The molecule has 0 saturated carbocycles. The molecule has 0 fully saturated rings. The molecule has 0 aliphatic carbocycles. The van der Waals surface area contributed by atoms with Crippen LogP contribution < -0.4 is 19.6 Å². The Morgan fingerprint density at radius 2 is 1.75 bits per heavy atom. The van der Waals surface area contributed by atoms with Crippen LogP contribution in [0.15, 0.2) is 76.7 Å². The van der Waals surface area contributed by atoms with Crippen LogP contribution >= 0.6 is 23.2 Å². The SMILES string of the molecule is CCOc1cc(/C=N/NC(=O)CNS(=O)(=O)c2ccccc2)ccc1OC(=O)c1ccc(Cl)cc1Cl. The zero-order valence-electron chi connectivity index (χ0n) is 18.9. The number of carbonyl (C=O) groups excluding carboxylic acids is 2. The van der Waals surface area contributed by atoms with E-state index in [4.69, 9.17) is 32.7 Å². The van der Waals surface area contributed by atoms with Gasteiger partial charge >= 0.3 is 5.97 Å². The zero-order valence-corrected chi connectivity index (χ0v) is 21.2. The van der Waals surface area contributed by atoms with Gasteiger partial charge in [0.1, 0.15) is 0 Å². The maximum Gasteiger partial charge on any atom is 0.345 e. The molecule has 0 saturated heterocycles. The second-order valence-corrected chi connectivity index (χ2v) is 9.69. The van der Waals surface area contributed by atoms with Gasteiger partial charge in [-0.1, -0.05) is 41.4 Å². The van der Waals surface area contributed by atoms with Crippen LogP contribution in [0.25, 0.3) is 0 Å². The smallest absolute Gasteiger partial charge is 0.345 e. The minimum atomic E-state index is -3.82. The fourth-order valence-corrected chi connectivity index (χ4v) is 4.32. The van der Waals surface area contributed by atoms with E-state index in [1.807, 2.05) is 0 Å². The third-order valence-electron chi connectivity index (χ3n) is 4.50. The largest absolute Gasteiger partial charge is 0.490 e. The van der Waals surface area contributed by atoms with Gasteiger partial charge in [-0.05, 0) is 61.0 Å². The van der Waals surface area contributed by atoms with E-state index in [0.717, 1.165) is 0 Å². The highest BCUT2D eigenvalue weighted by molar-refractivity contribution is 7.89. The molecule has 12 heteroatoms. The zero-order chi connectivity index (χ0) is 26.1. The van der Waals surface area contributed by atoms with E-state index in [9.17, 15) is 18.0 Å². The second kappa shape index (κ2) is 12.5. The molecule has 0 spiro atoms. The summed E-state index contributed by atoms with van der Waals surface area (Å²) in [5, 5.41) is 4.36. The van der Waals surface area contributed by atoms with Gasteiger partial charge < -0.3 is 9.47 Å². The number of sulfonamides is 1. The molecule has 1 amide bonds. The van der Waals surface area contributed by atoms with E-state index in [-0.39, 0.29) is 27.0 Å². The van der Waals surface area contributed by atoms with Gasteiger partial charge in [-0.3, -0.25) is 4.79 Å². The molecule has 188 valence electrons. The van der Waals surface area contributed by atoms with Crippen molar-refractivity contribution in [1.82, 2.24) is 10.1 Å². The molecule has 0 aliphatic heterocycles. The Kier molecular flexibility index (Phi) is 9.43. The van der Waals surface area contributed by atoms with Crippen molar-refractivity contribution in [1.29, 1.82) is 0 Å². The quantitative estimate of drug-likeness (QED) is 0.170. The number of benzene rings is 3. The fraction of sp³-hybridized carbons (Fsp3) is 0.125. The molecular weight excluding hydrogens is 529 g/mol. The van der Waals surface area contributed by atoms with Crippen LogP contribution in [0, 0.1) is 0 Å². The number of hydrazone groups is 1.